The van der Waals surface area contributed by atoms with Gasteiger partial charge >= 0.3 is 4.87 Å². The Morgan fingerprint density at radius 1 is 1.78 bits per heavy atom. The minimum absolute atomic E-state index is 0.113. The molecule has 1 aromatic heterocycles. The number of hydrogen-bond donors (Lipinski definition) is 2. The third-order valence-corrected chi connectivity index (χ3v) is 1.45. The molecule has 0 aliphatic rings. The summed E-state index contributed by atoms with van der Waals surface area (Å²) in [6.07, 6.45) is 0.652. The maximum Gasteiger partial charge on any atom is 0.323 e. The molecule has 0 saturated heterocycles. The molecule has 0 unspecified atom stereocenters. The van der Waals surface area contributed by atoms with E-state index in [1.165, 1.54) is 0 Å². The monoisotopic (exact) mass is 145 g/mol. The number of H-pyrrole nitrogens is 1. The molecule has 1 aromatic rings. The van der Waals surface area contributed by atoms with Crippen molar-refractivity contribution in [2.24, 2.45) is 5.73 Å². The van der Waals surface area contributed by atoms with Crippen molar-refractivity contribution < 1.29 is 0 Å². The third kappa shape index (κ3) is 1.62. The molecule has 0 atom stereocenters. The van der Waals surface area contributed by atoms with E-state index in [-0.39, 0.29) is 4.87 Å². The fraction of sp³-hybridized carbons (Fsp3) is 0.500. The summed E-state index contributed by atoms with van der Waals surface area (Å²) in [5.41, 5.74) is 5.21. The molecule has 0 spiro atoms. The van der Waals surface area contributed by atoms with Crippen molar-refractivity contribution in [2.75, 3.05) is 6.54 Å². The van der Waals surface area contributed by atoms with E-state index < -0.39 is 0 Å². The smallest absolute Gasteiger partial charge is 0.323 e. The molecule has 0 radical (unpaired) electrons. The van der Waals surface area contributed by atoms with Crippen LogP contribution in [0, 0.1) is 0 Å². The van der Waals surface area contributed by atoms with Gasteiger partial charge in [-0.1, -0.05) is 0 Å². The summed E-state index contributed by atoms with van der Waals surface area (Å²) in [5, 5.41) is 0. The summed E-state index contributed by atoms with van der Waals surface area (Å²) in [6, 6.07) is 0. The summed E-state index contributed by atoms with van der Waals surface area (Å²) in [5.74, 6) is 0.688. The molecular formula is C4H7N3OS. The largest absolute Gasteiger partial charge is 0.330 e. The standard InChI is InChI=1S/C4H7N3OS/c5-2-1-3-6-4(8)9-7-3/h1-2,5H2,(H,6,7,8). The molecule has 9 heavy (non-hydrogen) atoms. The van der Waals surface area contributed by atoms with Crippen molar-refractivity contribution in [3.8, 4) is 0 Å². The van der Waals surface area contributed by atoms with Gasteiger partial charge in [0.15, 0.2) is 0 Å². The van der Waals surface area contributed by atoms with E-state index in [4.69, 9.17) is 5.73 Å². The predicted octanol–water partition coefficient (Wildman–Crippen LogP) is -0.667. The van der Waals surface area contributed by atoms with Crippen molar-refractivity contribution in [2.45, 2.75) is 6.42 Å². The maximum atomic E-state index is 10.4. The highest BCUT2D eigenvalue weighted by molar-refractivity contribution is 7.02. The van der Waals surface area contributed by atoms with Crippen LogP contribution in [-0.4, -0.2) is 15.9 Å². The topological polar surface area (TPSA) is 71.8 Å². The Hall–Kier alpha value is -0.680. The third-order valence-electron chi connectivity index (χ3n) is 0.866. The molecule has 5 heteroatoms. The lowest BCUT2D eigenvalue weighted by Gasteiger charge is -1.84. The molecule has 1 heterocycles. The van der Waals surface area contributed by atoms with E-state index in [1.807, 2.05) is 0 Å². The van der Waals surface area contributed by atoms with Gasteiger partial charge in [-0.25, -0.2) is 0 Å². The molecule has 0 saturated carbocycles. The van der Waals surface area contributed by atoms with Crippen molar-refractivity contribution >= 4 is 11.5 Å². The SMILES string of the molecule is NCCc1nsc(=O)[nH]1. The van der Waals surface area contributed by atoms with Crippen molar-refractivity contribution in [1.82, 2.24) is 9.36 Å². The van der Waals surface area contributed by atoms with E-state index in [1.54, 1.807) is 0 Å². The second-order valence-electron chi connectivity index (χ2n) is 1.58. The van der Waals surface area contributed by atoms with Gasteiger partial charge in [-0.05, 0) is 6.54 Å². The fourth-order valence-corrected chi connectivity index (χ4v) is 0.998. The van der Waals surface area contributed by atoms with Gasteiger partial charge in [-0.2, -0.15) is 4.37 Å². The lowest BCUT2D eigenvalue weighted by atomic mass is 10.4. The number of hydrogen-bond acceptors (Lipinski definition) is 4. The molecule has 0 aliphatic carbocycles. The van der Waals surface area contributed by atoms with Gasteiger partial charge in [0.1, 0.15) is 5.82 Å². The zero-order valence-electron chi connectivity index (χ0n) is 4.76. The van der Waals surface area contributed by atoms with Gasteiger partial charge in [-0.3, -0.25) is 9.78 Å². The van der Waals surface area contributed by atoms with E-state index in [0.717, 1.165) is 11.5 Å². The lowest BCUT2D eigenvalue weighted by molar-refractivity contribution is 0.895. The van der Waals surface area contributed by atoms with Crippen LogP contribution in [0.1, 0.15) is 5.82 Å². The molecule has 3 N–H and O–H groups in total. The van der Waals surface area contributed by atoms with Crippen LogP contribution in [0.2, 0.25) is 0 Å². The molecule has 1 rings (SSSR count). The average Bonchev–Trinajstić information content (AvgIpc) is 2.17. The van der Waals surface area contributed by atoms with Gasteiger partial charge in [0.05, 0.1) is 0 Å². The Kier molecular flexibility index (Phi) is 1.96. The van der Waals surface area contributed by atoms with Crippen LogP contribution in [0.4, 0.5) is 0 Å². The Balaban J connectivity index is 2.73. The zero-order valence-corrected chi connectivity index (χ0v) is 5.57. The van der Waals surface area contributed by atoms with Crippen LogP contribution in [0.15, 0.2) is 4.79 Å². The molecule has 0 aromatic carbocycles. The second kappa shape index (κ2) is 2.75. The Morgan fingerprint density at radius 3 is 3.00 bits per heavy atom. The summed E-state index contributed by atoms with van der Waals surface area (Å²) in [4.78, 5) is 12.9. The van der Waals surface area contributed by atoms with Crippen molar-refractivity contribution in [1.29, 1.82) is 0 Å². The minimum atomic E-state index is -0.113. The molecule has 0 bridgehead atoms. The minimum Gasteiger partial charge on any atom is -0.330 e. The summed E-state index contributed by atoms with van der Waals surface area (Å²) >= 11 is 0.928. The van der Waals surface area contributed by atoms with E-state index in [0.29, 0.717) is 18.8 Å². The first-order valence-corrected chi connectivity index (χ1v) is 3.35. The maximum absolute atomic E-state index is 10.4. The summed E-state index contributed by atoms with van der Waals surface area (Å²) in [6.45, 7) is 0.527. The Bertz CT molecular complexity index is 228. The van der Waals surface area contributed by atoms with E-state index in [9.17, 15) is 4.79 Å². The van der Waals surface area contributed by atoms with Gasteiger partial charge in [0.25, 0.3) is 0 Å². The second-order valence-corrected chi connectivity index (χ2v) is 2.32. The number of aromatic amines is 1. The highest BCUT2D eigenvalue weighted by atomic mass is 32.1. The number of nitrogens with one attached hydrogen (secondary N) is 1. The lowest BCUT2D eigenvalue weighted by Crippen LogP contribution is -2.05. The molecule has 0 fully saturated rings. The van der Waals surface area contributed by atoms with Crippen LogP contribution >= 0.6 is 11.5 Å². The average molecular weight is 145 g/mol. The van der Waals surface area contributed by atoms with E-state index >= 15 is 0 Å². The quantitative estimate of drug-likeness (QED) is 0.580. The first-order chi connectivity index (χ1) is 4.33. The van der Waals surface area contributed by atoms with Crippen LogP contribution in [-0.2, 0) is 6.42 Å². The van der Waals surface area contributed by atoms with Crippen molar-refractivity contribution in [3.05, 3.63) is 15.5 Å². The molecule has 0 amide bonds. The van der Waals surface area contributed by atoms with Gasteiger partial charge in [0, 0.05) is 18.0 Å². The molecule has 50 valence electrons. The van der Waals surface area contributed by atoms with Crippen LogP contribution < -0.4 is 10.6 Å². The fourth-order valence-electron chi connectivity index (χ4n) is 0.505. The normalized spacial score (nSPS) is 9.89. The first kappa shape index (κ1) is 6.44. The Morgan fingerprint density at radius 2 is 2.56 bits per heavy atom. The highest BCUT2D eigenvalue weighted by Crippen LogP contribution is 1.86. The number of aromatic nitrogens is 2. The molecular weight excluding hydrogens is 138 g/mol. The highest BCUT2D eigenvalue weighted by Gasteiger charge is 1.94. The van der Waals surface area contributed by atoms with Gasteiger partial charge < -0.3 is 5.73 Å². The Labute approximate surface area is 55.9 Å². The molecule has 4 nitrogen and oxygen atoms in total. The summed E-state index contributed by atoms with van der Waals surface area (Å²) < 4.78 is 3.80. The zero-order chi connectivity index (χ0) is 6.69. The van der Waals surface area contributed by atoms with Gasteiger partial charge in [-0.15, -0.1) is 0 Å². The van der Waals surface area contributed by atoms with Crippen LogP contribution in [0.3, 0.4) is 0 Å². The van der Waals surface area contributed by atoms with Gasteiger partial charge in [0.2, 0.25) is 0 Å². The summed E-state index contributed by atoms with van der Waals surface area (Å²) in [7, 11) is 0. The van der Waals surface area contributed by atoms with Crippen molar-refractivity contribution in [3.63, 3.8) is 0 Å². The first-order valence-electron chi connectivity index (χ1n) is 2.58. The predicted molar refractivity (Wildman–Crippen MR) is 35.5 cm³/mol. The van der Waals surface area contributed by atoms with Crippen LogP contribution in [0.25, 0.3) is 0 Å². The number of rotatable bonds is 2. The molecule has 0 aliphatic heterocycles. The van der Waals surface area contributed by atoms with Crippen LogP contribution in [0.5, 0.6) is 0 Å². The van der Waals surface area contributed by atoms with E-state index in [2.05, 4.69) is 9.36 Å². The number of nitrogens with zero attached hydrogens (tertiary/aromatic N) is 1. The number of nitrogens with two attached hydrogens (primary N) is 1.